The van der Waals surface area contributed by atoms with E-state index in [1.807, 2.05) is 11.3 Å². The highest BCUT2D eigenvalue weighted by Crippen LogP contribution is 2.35. The zero-order chi connectivity index (χ0) is 13.1. The van der Waals surface area contributed by atoms with Gasteiger partial charge in [-0.2, -0.15) is 0 Å². The van der Waals surface area contributed by atoms with Gasteiger partial charge in [0.05, 0.1) is 12.2 Å². The molecule has 1 N–H and O–H groups in total. The number of hydrogen-bond acceptors (Lipinski definition) is 3. The molecule has 1 aromatic rings. The van der Waals surface area contributed by atoms with Crippen LogP contribution in [0.5, 0.6) is 0 Å². The molecule has 0 aromatic carbocycles. The lowest BCUT2D eigenvalue weighted by Crippen LogP contribution is -2.40. The van der Waals surface area contributed by atoms with E-state index >= 15 is 0 Å². The summed E-state index contributed by atoms with van der Waals surface area (Å²) >= 11 is 1.86. The van der Waals surface area contributed by atoms with Gasteiger partial charge in [0.2, 0.25) is 0 Å². The molecule has 5 atom stereocenters. The van der Waals surface area contributed by atoms with Gasteiger partial charge in [-0.1, -0.05) is 13.0 Å². The van der Waals surface area contributed by atoms with Crippen molar-refractivity contribution in [3.05, 3.63) is 22.4 Å². The second kappa shape index (κ2) is 6.18. The van der Waals surface area contributed by atoms with Crippen LogP contribution in [0.1, 0.15) is 32.1 Å². The predicted octanol–water partition coefficient (Wildman–Crippen LogP) is 3.33. The molecule has 1 aliphatic heterocycles. The average Bonchev–Trinajstić information content (AvgIpc) is 2.93. The summed E-state index contributed by atoms with van der Waals surface area (Å²) in [5.74, 6) is 1.27. The normalized spacial score (nSPS) is 33.8. The lowest BCUT2D eigenvalue weighted by atomic mass is 9.81. The van der Waals surface area contributed by atoms with Gasteiger partial charge in [0.15, 0.2) is 0 Å². The SMILES string of the molecule is CNC(CCc1cccs1)C1C(C)OC(C)C1C. The van der Waals surface area contributed by atoms with Gasteiger partial charge in [-0.3, -0.25) is 0 Å². The Labute approximate surface area is 115 Å². The number of hydrogen-bond donors (Lipinski definition) is 1. The van der Waals surface area contributed by atoms with Crippen LogP contribution >= 0.6 is 11.3 Å². The fraction of sp³-hybridized carbons (Fsp3) is 0.733. The van der Waals surface area contributed by atoms with Gasteiger partial charge in [-0.05, 0) is 51.1 Å². The third kappa shape index (κ3) is 2.95. The summed E-state index contributed by atoms with van der Waals surface area (Å²) in [4.78, 5) is 1.49. The highest BCUT2D eigenvalue weighted by molar-refractivity contribution is 7.09. The molecule has 2 heterocycles. The zero-order valence-corrected chi connectivity index (χ0v) is 12.7. The molecule has 0 radical (unpaired) electrons. The maximum atomic E-state index is 5.97. The minimum atomic E-state index is 0.371. The Morgan fingerprint density at radius 3 is 2.61 bits per heavy atom. The summed E-state index contributed by atoms with van der Waals surface area (Å²) in [5, 5.41) is 5.67. The first-order valence-electron chi connectivity index (χ1n) is 6.98. The number of aryl methyl sites for hydroxylation is 1. The summed E-state index contributed by atoms with van der Waals surface area (Å²) < 4.78 is 5.97. The topological polar surface area (TPSA) is 21.3 Å². The van der Waals surface area contributed by atoms with Crippen LogP contribution in [0, 0.1) is 11.8 Å². The number of ether oxygens (including phenoxy) is 1. The van der Waals surface area contributed by atoms with E-state index in [1.165, 1.54) is 17.7 Å². The number of nitrogens with one attached hydrogen (secondary N) is 1. The molecule has 18 heavy (non-hydrogen) atoms. The quantitative estimate of drug-likeness (QED) is 0.883. The lowest BCUT2D eigenvalue weighted by molar-refractivity contribution is 0.0475. The van der Waals surface area contributed by atoms with Gasteiger partial charge < -0.3 is 10.1 Å². The fourth-order valence-electron chi connectivity index (χ4n) is 3.27. The van der Waals surface area contributed by atoms with Crippen molar-refractivity contribution >= 4 is 11.3 Å². The van der Waals surface area contributed by atoms with Crippen molar-refractivity contribution in [1.82, 2.24) is 5.32 Å². The molecule has 0 amide bonds. The van der Waals surface area contributed by atoms with Crippen molar-refractivity contribution in [1.29, 1.82) is 0 Å². The molecule has 102 valence electrons. The van der Waals surface area contributed by atoms with Crippen molar-refractivity contribution in [2.45, 2.75) is 51.9 Å². The van der Waals surface area contributed by atoms with Crippen LogP contribution in [0.25, 0.3) is 0 Å². The van der Waals surface area contributed by atoms with Crippen molar-refractivity contribution in [3.8, 4) is 0 Å². The molecule has 0 spiro atoms. The molecule has 0 saturated carbocycles. The van der Waals surface area contributed by atoms with Crippen LogP contribution in [-0.4, -0.2) is 25.3 Å². The van der Waals surface area contributed by atoms with Crippen molar-refractivity contribution < 1.29 is 4.74 Å². The summed E-state index contributed by atoms with van der Waals surface area (Å²) in [6.07, 6.45) is 3.14. The maximum Gasteiger partial charge on any atom is 0.0597 e. The first kappa shape index (κ1) is 14.0. The number of thiophene rings is 1. The Balaban J connectivity index is 1.95. The molecule has 1 aliphatic rings. The second-order valence-corrected chi connectivity index (χ2v) is 6.53. The molecule has 3 heteroatoms. The zero-order valence-electron chi connectivity index (χ0n) is 11.8. The van der Waals surface area contributed by atoms with Gasteiger partial charge in [0, 0.05) is 16.8 Å². The largest absolute Gasteiger partial charge is 0.375 e. The standard InChI is InChI=1S/C15H25NOS/c1-10-11(2)17-12(3)15(10)14(16-4)8-7-13-6-5-9-18-13/h5-6,9-12,14-16H,7-8H2,1-4H3. The molecular weight excluding hydrogens is 242 g/mol. The molecule has 1 aromatic heterocycles. The number of rotatable bonds is 5. The first-order valence-corrected chi connectivity index (χ1v) is 7.86. The highest BCUT2D eigenvalue weighted by atomic mass is 32.1. The van der Waals surface area contributed by atoms with Gasteiger partial charge in [0.1, 0.15) is 0 Å². The third-order valence-electron chi connectivity index (χ3n) is 4.44. The van der Waals surface area contributed by atoms with Crippen molar-refractivity contribution in [2.75, 3.05) is 7.05 Å². The molecule has 1 saturated heterocycles. The van der Waals surface area contributed by atoms with E-state index in [0.29, 0.717) is 30.1 Å². The smallest absolute Gasteiger partial charge is 0.0597 e. The van der Waals surface area contributed by atoms with Crippen LogP contribution in [-0.2, 0) is 11.2 Å². The summed E-state index contributed by atoms with van der Waals surface area (Å²) in [7, 11) is 2.08. The van der Waals surface area contributed by atoms with E-state index in [0.717, 1.165) is 0 Å². The van der Waals surface area contributed by atoms with Crippen LogP contribution in [0.15, 0.2) is 17.5 Å². The van der Waals surface area contributed by atoms with Gasteiger partial charge in [0.25, 0.3) is 0 Å². The first-order chi connectivity index (χ1) is 8.63. The molecule has 0 bridgehead atoms. The molecule has 2 nitrogen and oxygen atoms in total. The summed E-state index contributed by atoms with van der Waals surface area (Å²) in [5.41, 5.74) is 0. The van der Waals surface area contributed by atoms with E-state index in [9.17, 15) is 0 Å². The minimum Gasteiger partial charge on any atom is -0.375 e. The third-order valence-corrected chi connectivity index (χ3v) is 5.37. The Kier molecular flexibility index (Phi) is 4.82. The van der Waals surface area contributed by atoms with Crippen LogP contribution in [0.2, 0.25) is 0 Å². The van der Waals surface area contributed by atoms with Crippen LogP contribution in [0.4, 0.5) is 0 Å². The van der Waals surface area contributed by atoms with E-state index in [4.69, 9.17) is 4.74 Å². The molecule has 0 aliphatic carbocycles. The van der Waals surface area contributed by atoms with E-state index in [-0.39, 0.29) is 0 Å². The van der Waals surface area contributed by atoms with E-state index < -0.39 is 0 Å². The van der Waals surface area contributed by atoms with Crippen LogP contribution < -0.4 is 5.32 Å². The van der Waals surface area contributed by atoms with E-state index in [1.54, 1.807) is 0 Å². The Morgan fingerprint density at radius 2 is 2.11 bits per heavy atom. The average molecular weight is 267 g/mol. The molecule has 5 unspecified atom stereocenters. The Morgan fingerprint density at radius 1 is 1.33 bits per heavy atom. The lowest BCUT2D eigenvalue weighted by Gasteiger charge is -2.28. The van der Waals surface area contributed by atoms with Crippen LogP contribution in [0.3, 0.4) is 0 Å². The maximum absolute atomic E-state index is 5.97. The van der Waals surface area contributed by atoms with Gasteiger partial charge >= 0.3 is 0 Å². The predicted molar refractivity (Wildman–Crippen MR) is 78.2 cm³/mol. The van der Waals surface area contributed by atoms with Crippen molar-refractivity contribution in [3.63, 3.8) is 0 Å². The fourth-order valence-corrected chi connectivity index (χ4v) is 3.99. The van der Waals surface area contributed by atoms with Gasteiger partial charge in [-0.25, -0.2) is 0 Å². The highest BCUT2D eigenvalue weighted by Gasteiger charge is 2.40. The monoisotopic (exact) mass is 267 g/mol. The van der Waals surface area contributed by atoms with Gasteiger partial charge in [-0.15, -0.1) is 11.3 Å². The molecule has 1 fully saturated rings. The summed E-state index contributed by atoms with van der Waals surface area (Å²) in [6, 6.07) is 4.93. The Bertz CT molecular complexity index is 351. The molecular formula is C15H25NOS. The second-order valence-electron chi connectivity index (χ2n) is 5.50. The Hall–Kier alpha value is -0.380. The minimum absolute atomic E-state index is 0.371. The summed E-state index contributed by atoms with van der Waals surface area (Å²) in [6.45, 7) is 6.75. The molecule has 2 rings (SSSR count). The van der Waals surface area contributed by atoms with Crippen molar-refractivity contribution in [2.24, 2.45) is 11.8 Å². The van der Waals surface area contributed by atoms with E-state index in [2.05, 4.69) is 50.6 Å².